The van der Waals surface area contributed by atoms with E-state index < -0.39 is 22.6 Å². The molecule has 248 valence electrons. The van der Waals surface area contributed by atoms with Gasteiger partial charge in [0.25, 0.3) is 0 Å². The molecule has 3 aliphatic rings. The van der Waals surface area contributed by atoms with Gasteiger partial charge in [-0.05, 0) is 61.9 Å². The highest BCUT2D eigenvalue weighted by Gasteiger charge is 2.50. The van der Waals surface area contributed by atoms with Gasteiger partial charge in [0.2, 0.25) is 0 Å². The molecule has 2 aliphatic heterocycles. The van der Waals surface area contributed by atoms with Crippen molar-refractivity contribution >= 4 is 32.1 Å². The minimum atomic E-state index is -4.44. The van der Waals surface area contributed by atoms with E-state index >= 15 is 0 Å². The lowest BCUT2D eigenvalue weighted by Gasteiger charge is -2.58. The molecule has 3 heterocycles. The monoisotopic (exact) mass is 660 g/mol. The molecular formula is C33H39F3N4O5S. The van der Waals surface area contributed by atoms with Crippen LogP contribution in [0, 0.1) is 17.3 Å². The van der Waals surface area contributed by atoms with Crippen molar-refractivity contribution in [1.82, 2.24) is 9.47 Å². The number of sulfone groups is 1. The van der Waals surface area contributed by atoms with Crippen LogP contribution in [0.3, 0.4) is 0 Å². The van der Waals surface area contributed by atoms with Crippen LogP contribution in [-0.2, 0) is 21.1 Å². The standard InChI is InChI=1S/C33H39F3N4O5S/c1-46(42,43)26-11-12-29(31(17-26)45-15-14-41)37-13-3-4-25-16-27-28(5-2-6-30(27)40(25)20-33(34,35)36)38-23-7-9-24(10-8-23)39-18-32(19-39)21-44-22-32/h2,5-6,11-12,16-17,23-24,37-38,41H,7-10,13-15,18-22H2,1H3/t23-,24+. The lowest BCUT2D eigenvalue weighted by atomic mass is 9.75. The maximum absolute atomic E-state index is 13.7. The van der Waals surface area contributed by atoms with Crippen LogP contribution in [0.2, 0.25) is 0 Å². The van der Waals surface area contributed by atoms with Crippen LogP contribution in [0.1, 0.15) is 31.4 Å². The van der Waals surface area contributed by atoms with Gasteiger partial charge in [0.15, 0.2) is 9.84 Å². The number of hydrogen-bond donors (Lipinski definition) is 3. The fraction of sp³-hybridized carbons (Fsp3) is 0.515. The van der Waals surface area contributed by atoms with E-state index in [1.807, 2.05) is 6.07 Å². The highest BCUT2D eigenvalue weighted by Crippen LogP contribution is 2.41. The summed E-state index contributed by atoms with van der Waals surface area (Å²) in [5.74, 6) is 6.02. The molecule has 2 saturated heterocycles. The normalized spacial score (nSPS) is 21.2. The molecule has 9 nitrogen and oxygen atoms in total. The third-order valence-corrected chi connectivity index (χ3v) is 10.2. The largest absolute Gasteiger partial charge is 0.489 e. The number of nitrogens with zero attached hydrogens (tertiary/aromatic N) is 2. The summed E-state index contributed by atoms with van der Waals surface area (Å²) >= 11 is 0. The Morgan fingerprint density at radius 3 is 2.50 bits per heavy atom. The van der Waals surface area contributed by atoms with E-state index in [0.29, 0.717) is 28.0 Å². The van der Waals surface area contributed by atoms with Crippen LogP contribution in [0.25, 0.3) is 10.9 Å². The number of nitrogens with one attached hydrogen (secondary N) is 2. The van der Waals surface area contributed by atoms with Gasteiger partial charge in [0.05, 0.1) is 48.2 Å². The Labute approximate surface area is 267 Å². The van der Waals surface area contributed by atoms with E-state index in [-0.39, 0.29) is 42.1 Å². The first-order valence-electron chi connectivity index (χ1n) is 15.5. The van der Waals surface area contributed by atoms with Crippen LogP contribution < -0.4 is 15.4 Å². The van der Waals surface area contributed by atoms with Crippen molar-refractivity contribution in [2.24, 2.45) is 5.41 Å². The van der Waals surface area contributed by atoms with Crippen molar-refractivity contribution in [1.29, 1.82) is 0 Å². The number of ether oxygens (including phenoxy) is 2. The predicted molar refractivity (Wildman–Crippen MR) is 170 cm³/mol. The smallest absolute Gasteiger partial charge is 0.406 e. The van der Waals surface area contributed by atoms with Crippen LogP contribution in [0.5, 0.6) is 5.75 Å². The van der Waals surface area contributed by atoms with Gasteiger partial charge in [-0.3, -0.25) is 4.90 Å². The van der Waals surface area contributed by atoms with Gasteiger partial charge in [-0.1, -0.05) is 12.0 Å². The van der Waals surface area contributed by atoms with E-state index in [1.165, 1.54) is 22.8 Å². The molecule has 6 rings (SSSR count). The number of alkyl halides is 3. The van der Waals surface area contributed by atoms with Crippen molar-refractivity contribution < 1.29 is 36.2 Å². The van der Waals surface area contributed by atoms with Gasteiger partial charge in [0.1, 0.15) is 18.9 Å². The first kappa shape index (κ1) is 32.5. The summed E-state index contributed by atoms with van der Waals surface area (Å²) in [6.07, 6.45) is 0.816. The number of anilines is 2. The average molecular weight is 661 g/mol. The fourth-order valence-electron chi connectivity index (χ4n) is 6.74. The number of likely N-dealkylation sites (tertiary alicyclic amines) is 1. The summed E-state index contributed by atoms with van der Waals surface area (Å²) in [5, 5.41) is 16.5. The van der Waals surface area contributed by atoms with Gasteiger partial charge in [-0.25, -0.2) is 8.42 Å². The van der Waals surface area contributed by atoms with E-state index in [4.69, 9.17) is 14.6 Å². The predicted octanol–water partition coefficient (Wildman–Crippen LogP) is 4.50. The maximum atomic E-state index is 13.7. The Bertz CT molecular complexity index is 1730. The number of hydrogen-bond acceptors (Lipinski definition) is 8. The molecule has 0 unspecified atom stereocenters. The van der Waals surface area contributed by atoms with E-state index in [0.717, 1.165) is 63.9 Å². The van der Waals surface area contributed by atoms with Gasteiger partial charge >= 0.3 is 6.18 Å². The third kappa shape index (κ3) is 7.25. The van der Waals surface area contributed by atoms with Gasteiger partial charge in [-0.2, -0.15) is 13.2 Å². The molecule has 46 heavy (non-hydrogen) atoms. The van der Waals surface area contributed by atoms with Crippen molar-refractivity contribution in [2.75, 3.05) is 63.0 Å². The maximum Gasteiger partial charge on any atom is 0.406 e. The number of benzene rings is 2. The van der Waals surface area contributed by atoms with Crippen molar-refractivity contribution in [3.63, 3.8) is 0 Å². The minimum Gasteiger partial charge on any atom is -0.489 e. The van der Waals surface area contributed by atoms with Crippen LogP contribution in [0.4, 0.5) is 24.5 Å². The molecule has 13 heteroatoms. The highest BCUT2D eigenvalue weighted by molar-refractivity contribution is 7.90. The number of aromatic nitrogens is 1. The molecule has 3 fully saturated rings. The van der Waals surface area contributed by atoms with Crippen LogP contribution >= 0.6 is 0 Å². The summed E-state index contributed by atoms with van der Waals surface area (Å²) in [7, 11) is -3.49. The molecule has 0 radical (unpaired) electrons. The Morgan fingerprint density at radius 1 is 1.09 bits per heavy atom. The minimum absolute atomic E-state index is 0.0438. The first-order chi connectivity index (χ1) is 21.9. The van der Waals surface area contributed by atoms with Gasteiger partial charge < -0.3 is 29.8 Å². The second-order valence-electron chi connectivity index (χ2n) is 12.7. The Balaban J connectivity index is 1.16. The topological polar surface area (TPSA) is 105 Å². The lowest BCUT2D eigenvalue weighted by Crippen LogP contribution is -2.68. The molecule has 1 spiro atoms. The number of rotatable bonds is 10. The summed E-state index contributed by atoms with van der Waals surface area (Å²) < 4.78 is 77.1. The Kier molecular flexibility index (Phi) is 9.17. The van der Waals surface area contributed by atoms with Gasteiger partial charge in [0, 0.05) is 54.0 Å². The number of aliphatic hydroxyl groups excluding tert-OH is 1. The summed E-state index contributed by atoms with van der Waals surface area (Å²) in [4.78, 5) is 2.63. The number of halogens is 3. The van der Waals surface area contributed by atoms with Crippen LogP contribution in [0.15, 0.2) is 47.4 Å². The average Bonchev–Trinajstić information content (AvgIpc) is 3.30. The molecule has 3 aromatic rings. The molecule has 0 amide bonds. The second kappa shape index (κ2) is 13.0. The fourth-order valence-corrected chi connectivity index (χ4v) is 7.38. The third-order valence-electron chi connectivity index (χ3n) is 9.06. The molecule has 2 aromatic carbocycles. The molecule has 1 saturated carbocycles. The summed E-state index contributed by atoms with van der Waals surface area (Å²) in [6, 6.07) is 12.2. The second-order valence-corrected chi connectivity index (χ2v) is 14.7. The molecule has 1 aliphatic carbocycles. The quantitative estimate of drug-likeness (QED) is 0.274. The molecule has 3 N–H and O–H groups in total. The highest BCUT2D eigenvalue weighted by atomic mass is 32.2. The summed E-state index contributed by atoms with van der Waals surface area (Å²) in [5.41, 5.74) is 2.34. The zero-order valence-corrected chi connectivity index (χ0v) is 26.5. The lowest BCUT2D eigenvalue weighted by molar-refractivity contribution is -0.200. The summed E-state index contributed by atoms with van der Waals surface area (Å²) in [6.45, 7) is 2.58. The number of aliphatic hydroxyl groups is 1. The molecular weight excluding hydrogens is 621 g/mol. The molecule has 0 atom stereocenters. The van der Waals surface area contributed by atoms with Crippen molar-refractivity contribution in [3.05, 3.63) is 48.2 Å². The van der Waals surface area contributed by atoms with Gasteiger partial charge in [-0.15, -0.1) is 0 Å². The Morgan fingerprint density at radius 2 is 1.85 bits per heavy atom. The Hall–Kier alpha value is -3.44. The number of fused-ring (bicyclic) bond motifs is 1. The van der Waals surface area contributed by atoms with E-state index in [1.54, 1.807) is 18.2 Å². The SMILES string of the molecule is CS(=O)(=O)c1ccc(NCC#Cc2cc3c(N[C@H]4CC[C@@H](N5CC6(COC6)C5)CC4)cccc3n2CC(F)(F)F)c(OCCO)c1. The van der Waals surface area contributed by atoms with E-state index in [2.05, 4.69) is 27.4 Å². The molecule has 1 aromatic heterocycles. The zero-order chi connectivity index (χ0) is 32.5. The zero-order valence-electron chi connectivity index (χ0n) is 25.7. The van der Waals surface area contributed by atoms with Crippen LogP contribution in [-0.4, -0.2) is 93.6 Å². The van der Waals surface area contributed by atoms with Crippen molar-refractivity contribution in [2.45, 2.75) is 55.4 Å². The van der Waals surface area contributed by atoms with Crippen molar-refractivity contribution in [3.8, 4) is 17.6 Å². The molecule has 0 bridgehead atoms. The van der Waals surface area contributed by atoms with E-state index in [9.17, 15) is 21.6 Å². The first-order valence-corrected chi connectivity index (χ1v) is 17.4.